The van der Waals surface area contributed by atoms with Gasteiger partial charge in [0.2, 0.25) is 5.91 Å². The maximum absolute atomic E-state index is 11.7. The van der Waals surface area contributed by atoms with E-state index < -0.39 is 21.3 Å². The molecule has 1 aromatic heterocycles. The number of sulfonamides is 1. The van der Waals surface area contributed by atoms with Crippen LogP contribution in [0.25, 0.3) is 0 Å². The molecular formula is C10H14N2O3S. The van der Waals surface area contributed by atoms with Gasteiger partial charge in [-0.3, -0.25) is 9.78 Å². The van der Waals surface area contributed by atoms with Gasteiger partial charge in [0.1, 0.15) is 0 Å². The average molecular weight is 242 g/mol. The molecule has 16 heavy (non-hydrogen) atoms. The van der Waals surface area contributed by atoms with Gasteiger partial charge in [0.25, 0.3) is 10.0 Å². The van der Waals surface area contributed by atoms with Crippen molar-refractivity contribution in [1.29, 1.82) is 0 Å². The van der Waals surface area contributed by atoms with Gasteiger partial charge in [-0.2, -0.15) is 0 Å². The number of aromatic nitrogens is 1. The van der Waals surface area contributed by atoms with Crippen LogP contribution in [0.15, 0.2) is 29.4 Å². The SMILES string of the molecule is CC(C)(C)C(=O)NS(=O)(=O)c1ccncc1. The number of pyridine rings is 1. The first kappa shape index (κ1) is 12.6. The molecule has 0 aliphatic carbocycles. The van der Waals surface area contributed by atoms with Crippen molar-refractivity contribution in [3.05, 3.63) is 24.5 Å². The number of nitrogens with one attached hydrogen (secondary N) is 1. The molecule has 0 spiro atoms. The van der Waals surface area contributed by atoms with E-state index in [2.05, 4.69) is 4.98 Å². The summed E-state index contributed by atoms with van der Waals surface area (Å²) in [5.74, 6) is -0.538. The van der Waals surface area contributed by atoms with Crippen molar-refractivity contribution in [2.24, 2.45) is 5.41 Å². The lowest BCUT2D eigenvalue weighted by Gasteiger charge is -2.17. The third-order valence-corrected chi connectivity index (χ3v) is 3.22. The zero-order valence-electron chi connectivity index (χ0n) is 9.39. The smallest absolute Gasteiger partial charge is 0.264 e. The van der Waals surface area contributed by atoms with E-state index in [9.17, 15) is 13.2 Å². The summed E-state index contributed by atoms with van der Waals surface area (Å²) in [6.07, 6.45) is 2.71. The monoisotopic (exact) mass is 242 g/mol. The molecule has 1 amide bonds. The molecule has 0 saturated carbocycles. The van der Waals surface area contributed by atoms with Crippen molar-refractivity contribution < 1.29 is 13.2 Å². The molecule has 0 aromatic carbocycles. The van der Waals surface area contributed by atoms with Crippen LogP contribution >= 0.6 is 0 Å². The van der Waals surface area contributed by atoms with Gasteiger partial charge in [0.15, 0.2) is 0 Å². The van der Waals surface area contributed by atoms with Crippen LogP contribution in [0.2, 0.25) is 0 Å². The second kappa shape index (κ2) is 4.21. The topological polar surface area (TPSA) is 76.1 Å². The molecule has 6 heteroatoms. The Hall–Kier alpha value is -1.43. The van der Waals surface area contributed by atoms with Gasteiger partial charge in [0, 0.05) is 17.8 Å². The molecule has 5 nitrogen and oxygen atoms in total. The van der Waals surface area contributed by atoms with E-state index in [1.807, 2.05) is 4.72 Å². The molecule has 1 heterocycles. The number of rotatable bonds is 2. The van der Waals surface area contributed by atoms with E-state index in [1.165, 1.54) is 24.5 Å². The van der Waals surface area contributed by atoms with Gasteiger partial charge < -0.3 is 0 Å². The Labute approximate surface area is 94.9 Å². The highest BCUT2D eigenvalue weighted by molar-refractivity contribution is 7.90. The fraction of sp³-hybridized carbons (Fsp3) is 0.400. The Bertz CT molecular complexity index is 475. The number of carbonyl (C=O) groups excluding carboxylic acids is 1. The van der Waals surface area contributed by atoms with Crippen LogP contribution in [-0.2, 0) is 14.8 Å². The normalized spacial score (nSPS) is 12.2. The number of carbonyl (C=O) groups is 1. The molecule has 0 bridgehead atoms. The Morgan fingerprint density at radius 2 is 1.75 bits per heavy atom. The number of hydrogen-bond donors (Lipinski definition) is 1. The molecule has 0 aliphatic heterocycles. The molecular weight excluding hydrogens is 228 g/mol. The predicted octanol–water partition coefficient (Wildman–Crippen LogP) is 0.933. The first-order valence-corrected chi connectivity index (χ1v) is 6.19. The molecule has 0 radical (unpaired) electrons. The van der Waals surface area contributed by atoms with E-state index in [-0.39, 0.29) is 4.90 Å². The summed E-state index contributed by atoms with van der Waals surface area (Å²) < 4.78 is 25.5. The van der Waals surface area contributed by atoms with Crippen LogP contribution in [0.3, 0.4) is 0 Å². The quantitative estimate of drug-likeness (QED) is 0.837. The van der Waals surface area contributed by atoms with Gasteiger partial charge in [0.05, 0.1) is 4.90 Å². The molecule has 0 saturated heterocycles. The summed E-state index contributed by atoms with van der Waals surface area (Å²) in [5, 5.41) is 0. The Kier molecular flexibility index (Phi) is 3.32. The van der Waals surface area contributed by atoms with E-state index in [1.54, 1.807) is 20.8 Å². The molecule has 88 valence electrons. The van der Waals surface area contributed by atoms with Gasteiger partial charge in [-0.1, -0.05) is 20.8 Å². The van der Waals surface area contributed by atoms with E-state index >= 15 is 0 Å². The molecule has 1 aromatic rings. The summed E-state index contributed by atoms with van der Waals surface area (Å²) in [6, 6.07) is 2.66. The fourth-order valence-electron chi connectivity index (χ4n) is 0.851. The van der Waals surface area contributed by atoms with Crippen molar-refractivity contribution in [1.82, 2.24) is 9.71 Å². The Balaban J connectivity index is 2.95. The first-order chi connectivity index (χ1) is 7.23. The predicted molar refractivity (Wildman–Crippen MR) is 59.0 cm³/mol. The lowest BCUT2D eigenvalue weighted by atomic mass is 9.96. The minimum atomic E-state index is -3.78. The molecule has 0 atom stereocenters. The van der Waals surface area contributed by atoms with Crippen molar-refractivity contribution in [3.8, 4) is 0 Å². The highest BCUT2D eigenvalue weighted by atomic mass is 32.2. The third-order valence-electron chi connectivity index (χ3n) is 1.87. The summed E-state index contributed by atoms with van der Waals surface area (Å²) in [7, 11) is -3.78. The lowest BCUT2D eigenvalue weighted by Crippen LogP contribution is -2.38. The van der Waals surface area contributed by atoms with Crippen molar-refractivity contribution >= 4 is 15.9 Å². The second-order valence-corrected chi connectivity index (χ2v) is 6.05. The molecule has 1 N–H and O–H groups in total. The zero-order chi connectivity index (χ0) is 12.4. The Morgan fingerprint density at radius 3 is 2.19 bits per heavy atom. The second-order valence-electron chi connectivity index (χ2n) is 4.37. The van der Waals surface area contributed by atoms with Crippen LogP contribution in [-0.4, -0.2) is 19.3 Å². The minimum Gasteiger partial charge on any atom is -0.273 e. The maximum atomic E-state index is 11.7. The van der Waals surface area contributed by atoms with E-state index in [4.69, 9.17) is 0 Å². The largest absolute Gasteiger partial charge is 0.273 e. The van der Waals surface area contributed by atoms with Crippen molar-refractivity contribution in [2.45, 2.75) is 25.7 Å². The zero-order valence-corrected chi connectivity index (χ0v) is 10.2. The number of amides is 1. The van der Waals surface area contributed by atoms with Gasteiger partial charge in [-0.25, -0.2) is 13.1 Å². The first-order valence-electron chi connectivity index (χ1n) is 4.71. The highest BCUT2D eigenvalue weighted by Gasteiger charge is 2.26. The van der Waals surface area contributed by atoms with Gasteiger partial charge in [-0.15, -0.1) is 0 Å². The van der Waals surface area contributed by atoms with E-state index in [0.29, 0.717) is 0 Å². The van der Waals surface area contributed by atoms with Gasteiger partial charge in [-0.05, 0) is 12.1 Å². The molecule has 1 rings (SSSR count). The van der Waals surface area contributed by atoms with Crippen molar-refractivity contribution in [3.63, 3.8) is 0 Å². The number of nitrogens with zero attached hydrogens (tertiary/aromatic N) is 1. The van der Waals surface area contributed by atoms with Crippen LogP contribution in [0.4, 0.5) is 0 Å². The van der Waals surface area contributed by atoms with Gasteiger partial charge >= 0.3 is 0 Å². The summed E-state index contributed by atoms with van der Waals surface area (Å²) in [4.78, 5) is 15.3. The van der Waals surface area contributed by atoms with Crippen LogP contribution in [0.5, 0.6) is 0 Å². The Morgan fingerprint density at radius 1 is 1.25 bits per heavy atom. The van der Waals surface area contributed by atoms with E-state index in [0.717, 1.165) is 0 Å². The molecule has 0 fully saturated rings. The number of hydrogen-bond acceptors (Lipinski definition) is 4. The minimum absolute atomic E-state index is 0.0279. The van der Waals surface area contributed by atoms with Crippen LogP contribution < -0.4 is 4.72 Å². The summed E-state index contributed by atoms with van der Waals surface area (Å²) in [5.41, 5.74) is -0.750. The van der Waals surface area contributed by atoms with Crippen LogP contribution in [0.1, 0.15) is 20.8 Å². The molecule has 0 unspecified atom stereocenters. The maximum Gasteiger partial charge on any atom is 0.264 e. The van der Waals surface area contributed by atoms with Crippen molar-refractivity contribution in [2.75, 3.05) is 0 Å². The summed E-state index contributed by atoms with van der Waals surface area (Å²) >= 11 is 0. The van der Waals surface area contributed by atoms with Crippen LogP contribution in [0, 0.1) is 5.41 Å². The third kappa shape index (κ3) is 3.03. The summed E-state index contributed by atoms with van der Waals surface area (Å²) in [6.45, 7) is 4.93. The fourth-order valence-corrected chi connectivity index (χ4v) is 2.00. The lowest BCUT2D eigenvalue weighted by molar-refractivity contribution is -0.126. The standard InChI is InChI=1S/C10H14N2O3S/c1-10(2,3)9(13)12-16(14,15)8-4-6-11-7-5-8/h4-7H,1-3H3,(H,12,13). The average Bonchev–Trinajstić information content (AvgIpc) is 2.17. The highest BCUT2D eigenvalue weighted by Crippen LogP contribution is 2.15. The molecule has 0 aliphatic rings.